The van der Waals surface area contributed by atoms with E-state index < -0.39 is 17.3 Å². The van der Waals surface area contributed by atoms with Crippen LogP contribution >= 0.6 is 0 Å². The molecular weight excluding hydrogens is 628 g/mol. The fraction of sp³-hybridized carbons (Fsp3) is 0.444. The van der Waals surface area contributed by atoms with E-state index in [1.807, 2.05) is 18.7 Å². The molecule has 0 bridgehead atoms. The highest BCUT2D eigenvalue weighted by Gasteiger charge is 2.39. The molecule has 2 aliphatic carbocycles. The number of piperazine rings is 2. The zero-order valence-electron chi connectivity index (χ0n) is 27.7. The van der Waals surface area contributed by atoms with Crippen molar-refractivity contribution in [1.29, 1.82) is 0 Å². The van der Waals surface area contributed by atoms with E-state index in [0.717, 1.165) is 63.3 Å². The number of carbonyl (C=O) groups excluding carboxylic acids is 1. The SMILES string of the molecule is C=CC(=O)N1C[C@H](C)N(c2nc(=O)n(-c3c(C4CC4)nc(N4CCNCC4)nc3C3CC3)c3nc(-c4ccccc4F)c(F)cc23)C[C@H]1C. The van der Waals surface area contributed by atoms with Crippen molar-refractivity contribution in [3.8, 4) is 16.9 Å². The molecule has 4 fully saturated rings. The Labute approximate surface area is 282 Å². The molecule has 254 valence electrons. The van der Waals surface area contributed by atoms with Crippen molar-refractivity contribution in [3.05, 3.63) is 76.5 Å². The number of hydrogen-bond acceptors (Lipinski definition) is 9. The van der Waals surface area contributed by atoms with Gasteiger partial charge in [-0.05, 0) is 63.8 Å². The number of hydrogen-bond donors (Lipinski definition) is 1. The largest absolute Gasteiger partial charge is 0.355 e. The summed E-state index contributed by atoms with van der Waals surface area (Å²) in [6.45, 7) is 11.4. The van der Waals surface area contributed by atoms with Crippen LogP contribution in [-0.2, 0) is 4.79 Å². The highest BCUT2D eigenvalue weighted by Crippen LogP contribution is 2.48. The second kappa shape index (κ2) is 12.3. The van der Waals surface area contributed by atoms with Gasteiger partial charge in [-0.3, -0.25) is 4.79 Å². The minimum Gasteiger partial charge on any atom is -0.349 e. The number of aromatic nitrogens is 5. The Balaban J connectivity index is 1.38. The minimum atomic E-state index is -0.734. The normalized spacial score (nSPS) is 21.3. The first-order valence-corrected chi connectivity index (χ1v) is 17.2. The Morgan fingerprint density at radius 3 is 2.22 bits per heavy atom. The molecule has 2 saturated heterocycles. The molecular formula is C36H39F2N9O2. The molecule has 5 heterocycles. The number of anilines is 2. The third-order valence-corrected chi connectivity index (χ3v) is 10.1. The number of nitrogens with zero attached hydrogens (tertiary/aromatic N) is 8. The number of rotatable bonds is 7. The van der Waals surface area contributed by atoms with E-state index in [9.17, 15) is 9.59 Å². The number of halogens is 2. The summed E-state index contributed by atoms with van der Waals surface area (Å²) in [5.41, 5.74) is 1.50. The lowest BCUT2D eigenvalue weighted by Gasteiger charge is -2.44. The highest BCUT2D eigenvalue weighted by molar-refractivity contribution is 5.91. The minimum absolute atomic E-state index is 0.00654. The lowest BCUT2D eigenvalue weighted by Crippen LogP contribution is -2.58. The maximum Gasteiger partial charge on any atom is 0.355 e. The molecule has 0 unspecified atom stereocenters. The average molecular weight is 668 g/mol. The van der Waals surface area contributed by atoms with Gasteiger partial charge in [0, 0.05) is 68.8 Å². The topological polar surface area (TPSA) is 112 Å². The van der Waals surface area contributed by atoms with Crippen molar-refractivity contribution in [2.24, 2.45) is 0 Å². The third-order valence-electron chi connectivity index (χ3n) is 10.1. The summed E-state index contributed by atoms with van der Waals surface area (Å²) in [6.07, 6.45) is 5.01. The number of fused-ring (bicyclic) bond motifs is 1. The summed E-state index contributed by atoms with van der Waals surface area (Å²) < 4.78 is 32.8. The van der Waals surface area contributed by atoms with Gasteiger partial charge in [0.1, 0.15) is 23.1 Å². The zero-order chi connectivity index (χ0) is 34.0. The number of pyridine rings is 1. The smallest absolute Gasteiger partial charge is 0.349 e. The standard InChI is InChI=1S/C36H39F2N9O2/c1-4-28(48)45-18-21(3)46(19-20(45)2)33-25-17-27(38)31(24-7-5-6-8-26(24)37)40-34(25)47(36(49)43-33)32-29(22-9-10-22)41-35(42-30(32)23-11-12-23)44-15-13-39-14-16-44/h4-8,17,20-23,39H,1,9-16,18-19H2,2-3H3/t20-,21+/m1/s1. The Bertz CT molecular complexity index is 2000. The summed E-state index contributed by atoms with van der Waals surface area (Å²) in [6, 6.07) is 6.73. The second-order valence-corrected chi connectivity index (χ2v) is 13.7. The van der Waals surface area contributed by atoms with Crippen molar-refractivity contribution in [2.75, 3.05) is 49.1 Å². The van der Waals surface area contributed by atoms with Crippen LogP contribution in [0.15, 0.2) is 47.8 Å². The van der Waals surface area contributed by atoms with Gasteiger partial charge in [0.05, 0.1) is 22.5 Å². The van der Waals surface area contributed by atoms with Gasteiger partial charge in [0.2, 0.25) is 11.9 Å². The fourth-order valence-corrected chi connectivity index (χ4v) is 7.21. The van der Waals surface area contributed by atoms with Crippen LogP contribution in [-0.4, -0.2) is 86.7 Å². The Morgan fingerprint density at radius 2 is 1.59 bits per heavy atom. The van der Waals surface area contributed by atoms with Crippen molar-refractivity contribution in [1.82, 2.24) is 34.7 Å². The number of amides is 1. The van der Waals surface area contributed by atoms with Gasteiger partial charge in [0.25, 0.3) is 0 Å². The maximum atomic E-state index is 16.2. The molecule has 3 aromatic heterocycles. The molecule has 1 N–H and O–H groups in total. The first-order chi connectivity index (χ1) is 23.7. The first-order valence-electron chi connectivity index (χ1n) is 17.2. The monoisotopic (exact) mass is 667 g/mol. The molecule has 4 aromatic rings. The quantitative estimate of drug-likeness (QED) is 0.289. The van der Waals surface area contributed by atoms with E-state index in [2.05, 4.69) is 21.8 Å². The Morgan fingerprint density at radius 1 is 0.918 bits per heavy atom. The summed E-state index contributed by atoms with van der Waals surface area (Å²) in [7, 11) is 0. The van der Waals surface area contributed by atoms with Crippen LogP contribution in [0.4, 0.5) is 20.5 Å². The molecule has 49 heavy (non-hydrogen) atoms. The Hall–Kier alpha value is -4.78. The second-order valence-electron chi connectivity index (χ2n) is 13.7. The van der Waals surface area contributed by atoms with Crippen molar-refractivity contribution >= 4 is 28.7 Å². The van der Waals surface area contributed by atoms with Crippen LogP contribution < -0.4 is 20.8 Å². The predicted octanol–water partition coefficient (Wildman–Crippen LogP) is 4.29. The van der Waals surface area contributed by atoms with Crippen LogP contribution in [0.25, 0.3) is 28.0 Å². The van der Waals surface area contributed by atoms with Gasteiger partial charge in [-0.1, -0.05) is 18.7 Å². The first kappa shape index (κ1) is 31.5. The van der Waals surface area contributed by atoms with Crippen LogP contribution in [0.5, 0.6) is 0 Å². The van der Waals surface area contributed by atoms with Gasteiger partial charge in [-0.2, -0.15) is 4.98 Å². The molecule has 13 heteroatoms. The third kappa shape index (κ3) is 5.63. The van der Waals surface area contributed by atoms with Gasteiger partial charge < -0.3 is 20.0 Å². The molecule has 1 aromatic carbocycles. The maximum absolute atomic E-state index is 16.2. The van der Waals surface area contributed by atoms with E-state index in [-0.39, 0.29) is 52.5 Å². The van der Waals surface area contributed by atoms with Crippen LogP contribution in [0.2, 0.25) is 0 Å². The average Bonchev–Trinajstić information content (AvgIpc) is 4.03. The fourth-order valence-electron chi connectivity index (χ4n) is 7.21. The molecule has 1 amide bonds. The molecule has 11 nitrogen and oxygen atoms in total. The zero-order valence-corrected chi connectivity index (χ0v) is 27.7. The van der Waals surface area contributed by atoms with Crippen molar-refractivity contribution < 1.29 is 13.6 Å². The number of carbonyl (C=O) groups is 1. The van der Waals surface area contributed by atoms with Crippen LogP contribution in [0.1, 0.15) is 62.8 Å². The molecule has 2 saturated carbocycles. The lowest BCUT2D eigenvalue weighted by molar-refractivity contribution is -0.128. The molecule has 2 atom stereocenters. The molecule has 0 radical (unpaired) electrons. The molecule has 4 aliphatic rings. The molecule has 8 rings (SSSR count). The van der Waals surface area contributed by atoms with Gasteiger partial charge in [0.15, 0.2) is 5.65 Å². The number of benzene rings is 1. The van der Waals surface area contributed by atoms with E-state index in [4.69, 9.17) is 15.0 Å². The Kier molecular flexibility index (Phi) is 7.89. The summed E-state index contributed by atoms with van der Waals surface area (Å²) in [5.74, 6) is -0.323. The summed E-state index contributed by atoms with van der Waals surface area (Å²) >= 11 is 0. The van der Waals surface area contributed by atoms with Crippen molar-refractivity contribution in [3.63, 3.8) is 0 Å². The summed E-state index contributed by atoms with van der Waals surface area (Å²) in [5, 5.41) is 3.69. The molecule has 2 aliphatic heterocycles. The van der Waals surface area contributed by atoms with Gasteiger partial charge in [-0.25, -0.2) is 33.1 Å². The van der Waals surface area contributed by atoms with E-state index in [0.29, 0.717) is 30.1 Å². The highest BCUT2D eigenvalue weighted by atomic mass is 19.1. The van der Waals surface area contributed by atoms with Crippen LogP contribution in [0, 0.1) is 11.6 Å². The van der Waals surface area contributed by atoms with Gasteiger partial charge >= 0.3 is 5.69 Å². The summed E-state index contributed by atoms with van der Waals surface area (Å²) in [4.78, 5) is 52.7. The lowest BCUT2D eigenvalue weighted by atomic mass is 10.1. The number of nitrogens with one attached hydrogen (secondary N) is 1. The van der Waals surface area contributed by atoms with E-state index >= 15 is 8.78 Å². The van der Waals surface area contributed by atoms with Gasteiger partial charge in [-0.15, -0.1) is 0 Å². The molecule has 0 spiro atoms. The predicted molar refractivity (Wildman–Crippen MR) is 183 cm³/mol. The van der Waals surface area contributed by atoms with Crippen molar-refractivity contribution in [2.45, 2.75) is 63.5 Å². The van der Waals surface area contributed by atoms with E-state index in [1.165, 1.54) is 34.9 Å². The van der Waals surface area contributed by atoms with Crippen LogP contribution in [0.3, 0.4) is 0 Å². The van der Waals surface area contributed by atoms with E-state index in [1.54, 1.807) is 11.0 Å².